The molecule has 2 heterocycles. The van der Waals surface area contributed by atoms with Crippen molar-refractivity contribution in [3.8, 4) is 5.75 Å². The molecule has 0 spiro atoms. The fourth-order valence-electron chi connectivity index (χ4n) is 2.26. The van der Waals surface area contributed by atoms with Gasteiger partial charge in [0.2, 0.25) is 0 Å². The van der Waals surface area contributed by atoms with Crippen molar-refractivity contribution in [3.63, 3.8) is 0 Å². The number of carbonyl (C=O) groups excluding carboxylic acids is 1. The highest BCUT2D eigenvalue weighted by Crippen LogP contribution is 2.37. The molecule has 0 bridgehead atoms. The Hall–Kier alpha value is -1.60. The molecule has 0 atom stereocenters. The number of rotatable bonds is 4. The van der Waals surface area contributed by atoms with Gasteiger partial charge in [0.25, 0.3) is 5.91 Å². The van der Waals surface area contributed by atoms with Gasteiger partial charge in [-0.05, 0) is 46.6 Å². The Morgan fingerprint density at radius 2 is 1.91 bits per heavy atom. The molecule has 3 rings (SSSR count). The first-order chi connectivity index (χ1) is 10.2. The second-order valence-corrected chi connectivity index (χ2v) is 6.88. The number of nitrogens with zero attached hydrogens (tertiary/aromatic N) is 1. The molecule has 7 heteroatoms. The third-order valence-corrected chi connectivity index (χ3v) is 4.46. The summed E-state index contributed by atoms with van der Waals surface area (Å²) in [5, 5.41) is 0. The minimum absolute atomic E-state index is 0.154. The molecule has 1 aliphatic carbocycles. The second kappa shape index (κ2) is 4.96. The van der Waals surface area contributed by atoms with Crippen molar-refractivity contribution in [1.82, 2.24) is 4.98 Å². The predicted octanol–water partition coefficient (Wildman–Crippen LogP) is 1.02. The average Bonchev–Trinajstić information content (AvgIpc) is 3.17. The van der Waals surface area contributed by atoms with Gasteiger partial charge in [0, 0.05) is 5.46 Å². The van der Waals surface area contributed by atoms with Crippen molar-refractivity contribution in [2.75, 3.05) is 0 Å². The minimum Gasteiger partial charge on any atom is -0.489 e. The zero-order valence-electron chi connectivity index (χ0n) is 13.4. The van der Waals surface area contributed by atoms with Gasteiger partial charge in [0.15, 0.2) is 0 Å². The maximum absolute atomic E-state index is 11.7. The van der Waals surface area contributed by atoms with Gasteiger partial charge in [0.1, 0.15) is 11.4 Å². The summed E-state index contributed by atoms with van der Waals surface area (Å²) in [7, 11) is -0.692. The van der Waals surface area contributed by atoms with E-state index in [2.05, 4.69) is 4.98 Å². The van der Waals surface area contributed by atoms with E-state index in [1.807, 2.05) is 27.7 Å². The van der Waals surface area contributed by atoms with Crippen LogP contribution in [0.3, 0.4) is 0 Å². The van der Waals surface area contributed by atoms with Crippen molar-refractivity contribution >= 4 is 18.5 Å². The first-order valence-electron chi connectivity index (χ1n) is 7.52. The second-order valence-electron chi connectivity index (χ2n) is 6.88. The predicted molar refractivity (Wildman–Crippen MR) is 82.1 cm³/mol. The molecule has 1 saturated carbocycles. The molecule has 2 fully saturated rings. The van der Waals surface area contributed by atoms with E-state index in [4.69, 9.17) is 19.8 Å². The molecular formula is C15H21BN2O4. The highest BCUT2D eigenvalue weighted by atomic mass is 16.7. The zero-order chi connectivity index (χ0) is 16.1. The maximum Gasteiger partial charge on any atom is 0.497 e. The Morgan fingerprint density at radius 1 is 1.32 bits per heavy atom. The highest BCUT2D eigenvalue weighted by Gasteiger charge is 2.52. The number of amides is 1. The number of ether oxygens (including phenoxy) is 1. The van der Waals surface area contributed by atoms with Crippen LogP contribution >= 0.6 is 0 Å². The van der Waals surface area contributed by atoms with E-state index in [0.717, 1.165) is 12.8 Å². The van der Waals surface area contributed by atoms with E-state index in [0.29, 0.717) is 11.2 Å². The van der Waals surface area contributed by atoms with E-state index in [9.17, 15) is 4.79 Å². The Kier molecular flexibility index (Phi) is 3.45. The van der Waals surface area contributed by atoms with E-state index in [1.54, 1.807) is 6.07 Å². The number of pyridine rings is 1. The number of carbonyl (C=O) groups is 1. The Bertz CT molecular complexity index is 598. The van der Waals surface area contributed by atoms with Crippen LogP contribution in [0, 0.1) is 0 Å². The summed E-state index contributed by atoms with van der Waals surface area (Å²) >= 11 is 0. The minimum atomic E-state index is -0.692. The molecule has 1 amide bonds. The SMILES string of the molecule is CC1(C)OB(c2cc(OC3CC3)cnc2C(N)=O)OC1(C)C. The topological polar surface area (TPSA) is 83.7 Å². The molecular weight excluding hydrogens is 283 g/mol. The van der Waals surface area contributed by atoms with Gasteiger partial charge in [-0.15, -0.1) is 0 Å². The molecule has 0 unspecified atom stereocenters. The van der Waals surface area contributed by atoms with Gasteiger partial charge >= 0.3 is 7.12 Å². The normalized spacial score (nSPS) is 22.6. The molecule has 1 aromatic rings. The summed E-state index contributed by atoms with van der Waals surface area (Å²) < 4.78 is 17.7. The van der Waals surface area contributed by atoms with Crippen LogP contribution in [0.15, 0.2) is 12.3 Å². The Morgan fingerprint density at radius 3 is 2.41 bits per heavy atom. The highest BCUT2D eigenvalue weighted by molar-refractivity contribution is 6.63. The number of nitrogens with two attached hydrogens (primary N) is 1. The summed E-state index contributed by atoms with van der Waals surface area (Å²) in [6.45, 7) is 7.81. The van der Waals surface area contributed by atoms with E-state index in [-0.39, 0.29) is 11.8 Å². The number of hydrogen-bond acceptors (Lipinski definition) is 5. The average molecular weight is 304 g/mol. The van der Waals surface area contributed by atoms with Crippen molar-refractivity contribution in [3.05, 3.63) is 18.0 Å². The number of hydrogen-bond donors (Lipinski definition) is 1. The van der Waals surface area contributed by atoms with Gasteiger partial charge in [-0.2, -0.15) is 0 Å². The van der Waals surface area contributed by atoms with Gasteiger partial charge in [0.05, 0.1) is 23.5 Å². The van der Waals surface area contributed by atoms with E-state index in [1.165, 1.54) is 6.20 Å². The molecule has 118 valence electrons. The molecule has 1 aromatic heterocycles. The van der Waals surface area contributed by atoms with Crippen LogP contribution in [0.1, 0.15) is 51.0 Å². The van der Waals surface area contributed by atoms with Crippen LogP contribution < -0.4 is 15.9 Å². The fraction of sp³-hybridized carbons (Fsp3) is 0.600. The van der Waals surface area contributed by atoms with Crippen molar-refractivity contribution in [2.45, 2.75) is 57.8 Å². The molecule has 22 heavy (non-hydrogen) atoms. The van der Waals surface area contributed by atoms with Crippen LogP contribution in [0.4, 0.5) is 0 Å². The summed E-state index contributed by atoms with van der Waals surface area (Å²) in [4.78, 5) is 15.8. The van der Waals surface area contributed by atoms with Crippen molar-refractivity contribution in [1.29, 1.82) is 0 Å². The van der Waals surface area contributed by atoms with Crippen LogP contribution in [-0.2, 0) is 9.31 Å². The van der Waals surface area contributed by atoms with Gasteiger partial charge in [-0.25, -0.2) is 4.98 Å². The summed E-state index contributed by atoms with van der Waals surface area (Å²) in [5.41, 5.74) is 5.10. The van der Waals surface area contributed by atoms with E-state index < -0.39 is 24.2 Å². The maximum atomic E-state index is 11.7. The van der Waals surface area contributed by atoms with Crippen LogP contribution in [0.5, 0.6) is 5.75 Å². The smallest absolute Gasteiger partial charge is 0.489 e. The standard InChI is InChI=1S/C15H21BN2O4/c1-14(2)15(3,4)22-16(21-14)11-7-10(20-9-5-6-9)8-18-12(11)13(17)19/h7-9H,5-6H2,1-4H3,(H2,17,19). The quantitative estimate of drug-likeness (QED) is 0.840. The van der Waals surface area contributed by atoms with Crippen molar-refractivity contribution < 1.29 is 18.8 Å². The number of primary amides is 1. The first-order valence-corrected chi connectivity index (χ1v) is 7.52. The summed E-state index contributed by atoms with van der Waals surface area (Å²) in [6.07, 6.45) is 3.85. The Labute approximate surface area is 130 Å². The largest absolute Gasteiger partial charge is 0.497 e. The van der Waals surface area contributed by atoms with E-state index >= 15 is 0 Å². The molecule has 1 aliphatic heterocycles. The van der Waals surface area contributed by atoms with Gasteiger partial charge < -0.3 is 19.8 Å². The lowest BCUT2D eigenvalue weighted by Gasteiger charge is -2.32. The van der Waals surface area contributed by atoms with Crippen LogP contribution in [0.2, 0.25) is 0 Å². The molecule has 1 saturated heterocycles. The molecule has 0 radical (unpaired) electrons. The third-order valence-electron chi connectivity index (χ3n) is 4.46. The number of aromatic nitrogens is 1. The first kappa shape index (κ1) is 15.3. The van der Waals surface area contributed by atoms with Crippen LogP contribution in [-0.4, -0.2) is 35.3 Å². The molecule has 2 aliphatic rings. The van der Waals surface area contributed by atoms with Gasteiger partial charge in [-0.1, -0.05) is 0 Å². The lowest BCUT2D eigenvalue weighted by Crippen LogP contribution is -2.41. The molecule has 6 nitrogen and oxygen atoms in total. The summed E-state index contributed by atoms with van der Waals surface area (Å²) in [6, 6.07) is 1.74. The molecule has 0 aromatic carbocycles. The zero-order valence-corrected chi connectivity index (χ0v) is 13.4. The lowest BCUT2D eigenvalue weighted by atomic mass is 9.77. The lowest BCUT2D eigenvalue weighted by molar-refractivity contribution is 0.00578. The monoisotopic (exact) mass is 304 g/mol. The summed E-state index contributed by atoms with van der Waals surface area (Å²) in [5.74, 6) is -0.0000959. The third kappa shape index (κ3) is 2.70. The van der Waals surface area contributed by atoms with Crippen molar-refractivity contribution in [2.24, 2.45) is 5.73 Å². The molecule has 2 N–H and O–H groups in total. The Balaban J connectivity index is 1.95. The fourth-order valence-corrected chi connectivity index (χ4v) is 2.26. The van der Waals surface area contributed by atoms with Gasteiger partial charge in [-0.3, -0.25) is 4.79 Å². The van der Waals surface area contributed by atoms with Crippen LogP contribution in [0.25, 0.3) is 0 Å².